The summed E-state index contributed by atoms with van der Waals surface area (Å²) in [4.78, 5) is 27.1. The van der Waals surface area contributed by atoms with Crippen molar-refractivity contribution in [2.24, 2.45) is 11.8 Å². The molecule has 5 nitrogen and oxygen atoms in total. The van der Waals surface area contributed by atoms with E-state index < -0.39 is 0 Å². The number of hydrogen-bond donors (Lipinski definition) is 2. The predicted octanol–water partition coefficient (Wildman–Crippen LogP) is 3.89. The SMILES string of the molecule is O=C(Nc1ccccc1)C1CC1C(=O)Nc1ccc(N2CCCCC2)cc1. The molecule has 1 saturated heterocycles. The van der Waals surface area contributed by atoms with E-state index in [1.165, 1.54) is 24.9 Å². The van der Waals surface area contributed by atoms with E-state index in [0.29, 0.717) is 6.42 Å². The van der Waals surface area contributed by atoms with Crippen molar-refractivity contribution in [1.82, 2.24) is 0 Å². The molecule has 1 heterocycles. The smallest absolute Gasteiger partial charge is 0.228 e. The zero-order valence-corrected chi connectivity index (χ0v) is 15.4. The lowest BCUT2D eigenvalue weighted by atomic mass is 10.1. The van der Waals surface area contributed by atoms with Gasteiger partial charge in [-0.15, -0.1) is 0 Å². The van der Waals surface area contributed by atoms with Gasteiger partial charge >= 0.3 is 0 Å². The van der Waals surface area contributed by atoms with Gasteiger partial charge < -0.3 is 15.5 Å². The van der Waals surface area contributed by atoms with Crippen molar-refractivity contribution in [3.05, 3.63) is 54.6 Å². The summed E-state index contributed by atoms with van der Waals surface area (Å²) >= 11 is 0. The van der Waals surface area contributed by atoms with Crippen LogP contribution in [0.1, 0.15) is 25.7 Å². The second kappa shape index (κ2) is 7.82. The molecule has 2 fully saturated rings. The number of piperidine rings is 1. The van der Waals surface area contributed by atoms with Crippen LogP contribution >= 0.6 is 0 Å². The zero-order valence-electron chi connectivity index (χ0n) is 15.4. The number of amides is 2. The summed E-state index contributed by atoms with van der Waals surface area (Å²) in [5, 5.41) is 5.82. The molecule has 140 valence electrons. The highest BCUT2D eigenvalue weighted by molar-refractivity contribution is 6.03. The van der Waals surface area contributed by atoms with Gasteiger partial charge in [-0.05, 0) is 62.1 Å². The summed E-state index contributed by atoms with van der Waals surface area (Å²) in [6.07, 6.45) is 4.40. The predicted molar refractivity (Wildman–Crippen MR) is 108 cm³/mol. The first-order valence-corrected chi connectivity index (χ1v) is 9.72. The number of para-hydroxylation sites is 1. The molecule has 0 spiro atoms. The Kier molecular flexibility index (Phi) is 5.10. The second-order valence-corrected chi connectivity index (χ2v) is 7.39. The summed E-state index contributed by atoms with van der Waals surface area (Å²) in [5.41, 5.74) is 2.76. The van der Waals surface area contributed by atoms with Crippen molar-refractivity contribution in [3.63, 3.8) is 0 Å². The quantitative estimate of drug-likeness (QED) is 0.847. The van der Waals surface area contributed by atoms with E-state index in [9.17, 15) is 9.59 Å². The normalized spacial score (nSPS) is 21.4. The van der Waals surface area contributed by atoms with E-state index in [2.05, 4.69) is 27.7 Å². The monoisotopic (exact) mass is 363 g/mol. The minimum absolute atomic E-state index is 0.0751. The van der Waals surface area contributed by atoms with Crippen molar-refractivity contribution in [2.75, 3.05) is 28.6 Å². The van der Waals surface area contributed by atoms with Gasteiger partial charge in [-0.25, -0.2) is 0 Å². The van der Waals surface area contributed by atoms with Crippen LogP contribution in [0.5, 0.6) is 0 Å². The fraction of sp³-hybridized carbons (Fsp3) is 0.364. The van der Waals surface area contributed by atoms with Crippen LogP contribution in [-0.2, 0) is 9.59 Å². The van der Waals surface area contributed by atoms with Crippen LogP contribution in [-0.4, -0.2) is 24.9 Å². The molecule has 27 heavy (non-hydrogen) atoms. The molecule has 1 aliphatic carbocycles. The molecule has 4 rings (SSSR count). The lowest BCUT2D eigenvalue weighted by Gasteiger charge is -2.28. The minimum atomic E-state index is -0.240. The van der Waals surface area contributed by atoms with Crippen LogP contribution in [0.3, 0.4) is 0 Å². The number of anilines is 3. The molecule has 2 N–H and O–H groups in total. The van der Waals surface area contributed by atoms with Gasteiger partial charge in [0.05, 0.1) is 11.8 Å². The van der Waals surface area contributed by atoms with E-state index in [4.69, 9.17) is 0 Å². The fourth-order valence-electron chi connectivity index (χ4n) is 3.67. The average Bonchev–Trinajstić information content (AvgIpc) is 3.51. The summed E-state index contributed by atoms with van der Waals surface area (Å²) in [5.74, 6) is -0.635. The molecule has 2 amide bonds. The van der Waals surface area contributed by atoms with Crippen LogP contribution in [0.4, 0.5) is 17.1 Å². The van der Waals surface area contributed by atoms with Gasteiger partial charge in [0, 0.05) is 30.2 Å². The van der Waals surface area contributed by atoms with Crippen LogP contribution in [0, 0.1) is 11.8 Å². The lowest BCUT2D eigenvalue weighted by molar-refractivity contribution is -0.122. The number of carbonyl (C=O) groups excluding carboxylic acids is 2. The molecule has 2 aromatic carbocycles. The highest BCUT2D eigenvalue weighted by Gasteiger charge is 2.48. The molecule has 1 aliphatic heterocycles. The average molecular weight is 363 g/mol. The van der Waals surface area contributed by atoms with E-state index in [0.717, 1.165) is 24.5 Å². The van der Waals surface area contributed by atoms with Gasteiger partial charge in [0.1, 0.15) is 0 Å². The highest BCUT2D eigenvalue weighted by atomic mass is 16.2. The van der Waals surface area contributed by atoms with Gasteiger partial charge in [-0.3, -0.25) is 9.59 Å². The van der Waals surface area contributed by atoms with Crippen molar-refractivity contribution < 1.29 is 9.59 Å². The maximum absolute atomic E-state index is 12.4. The van der Waals surface area contributed by atoms with Gasteiger partial charge in [-0.2, -0.15) is 0 Å². The summed E-state index contributed by atoms with van der Waals surface area (Å²) in [7, 11) is 0. The van der Waals surface area contributed by atoms with Gasteiger partial charge in [-0.1, -0.05) is 18.2 Å². The Labute approximate surface area is 159 Å². The Bertz CT molecular complexity index is 798. The van der Waals surface area contributed by atoms with Gasteiger partial charge in [0.25, 0.3) is 0 Å². The van der Waals surface area contributed by atoms with E-state index in [1.807, 2.05) is 42.5 Å². The van der Waals surface area contributed by atoms with Crippen LogP contribution in [0.15, 0.2) is 54.6 Å². The van der Waals surface area contributed by atoms with E-state index in [1.54, 1.807) is 0 Å². The Morgan fingerprint density at radius 2 is 1.30 bits per heavy atom. The first-order chi connectivity index (χ1) is 13.2. The third kappa shape index (κ3) is 4.30. The van der Waals surface area contributed by atoms with Crippen molar-refractivity contribution in [1.29, 1.82) is 0 Å². The number of nitrogens with one attached hydrogen (secondary N) is 2. The third-order valence-corrected chi connectivity index (χ3v) is 5.36. The van der Waals surface area contributed by atoms with E-state index in [-0.39, 0.29) is 23.7 Å². The Morgan fingerprint density at radius 3 is 1.89 bits per heavy atom. The van der Waals surface area contributed by atoms with Crippen LogP contribution in [0.2, 0.25) is 0 Å². The molecule has 5 heteroatoms. The Morgan fingerprint density at radius 1 is 0.741 bits per heavy atom. The summed E-state index contributed by atoms with van der Waals surface area (Å²) in [6.45, 7) is 2.21. The summed E-state index contributed by atoms with van der Waals surface area (Å²) in [6, 6.07) is 17.4. The molecule has 0 aromatic heterocycles. The summed E-state index contributed by atoms with van der Waals surface area (Å²) < 4.78 is 0. The first kappa shape index (κ1) is 17.6. The van der Waals surface area contributed by atoms with Crippen LogP contribution < -0.4 is 15.5 Å². The highest BCUT2D eigenvalue weighted by Crippen LogP contribution is 2.40. The molecule has 1 saturated carbocycles. The number of rotatable bonds is 5. The fourth-order valence-corrected chi connectivity index (χ4v) is 3.67. The Balaban J connectivity index is 1.29. The lowest BCUT2D eigenvalue weighted by Crippen LogP contribution is -2.29. The number of nitrogens with zero attached hydrogens (tertiary/aromatic N) is 1. The Hall–Kier alpha value is -2.82. The maximum atomic E-state index is 12.4. The zero-order chi connectivity index (χ0) is 18.6. The molecule has 0 bridgehead atoms. The number of benzene rings is 2. The number of carbonyl (C=O) groups is 2. The molecular weight excluding hydrogens is 338 g/mol. The van der Waals surface area contributed by atoms with E-state index >= 15 is 0 Å². The third-order valence-electron chi connectivity index (χ3n) is 5.36. The standard InChI is InChI=1S/C22H25N3O2/c26-21(23-16-7-3-1-4-8-16)19-15-20(19)22(27)24-17-9-11-18(12-10-17)25-13-5-2-6-14-25/h1,3-4,7-12,19-20H,2,5-6,13-15H2,(H,23,26)(H,24,27). The van der Waals surface area contributed by atoms with Crippen LogP contribution in [0.25, 0.3) is 0 Å². The largest absolute Gasteiger partial charge is 0.372 e. The van der Waals surface area contributed by atoms with Gasteiger partial charge in [0.2, 0.25) is 11.8 Å². The molecule has 2 unspecified atom stereocenters. The molecule has 2 aromatic rings. The maximum Gasteiger partial charge on any atom is 0.228 e. The molecule has 2 aliphatic rings. The number of hydrogen-bond acceptors (Lipinski definition) is 3. The van der Waals surface area contributed by atoms with Crippen molar-refractivity contribution >= 4 is 28.9 Å². The molecule has 2 atom stereocenters. The molecular formula is C22H25N3O2. The minimum Gasteiger partial charge on any atom is -0.372 e. The topological polar surface area (TPSA) is 61.4 Å². The van der Waals surface area contributed by atoms with Crippen molar-refractivity contribution in [3.8, 4) is 0 Å². The first-order valence-electron chi connectivity index (χ1n) is 9.72. The van der Waals surface area contributed by atoms with Gasteiger partial charge in [0.15, 0.2) is 0 Å². The van der Waals surface area contributed by atoms with Crippen molar-refractivity contribution in [2.45, 2.75) is 25.7 Å². The molecule has 0 radical (unpaired) electrons. The second-order valence-electron chi connectivity index (χ2n) is 7.39.